The summed E-state index contributed by atoms with van der Waals surface area (Å²) in [7, 11) is 0. The van der Waals surface area contributed by atoms with Gasteiger partial charge in [-0.2, -0.15) is 0 Å². The van der Waals surface area contributed by atoms with E-state index in [1.165, 1.54) is 5.56 Å². The second-order valence-electron chi connectivity index (χ2n) is 7.66. The molecule has 0 saturated carbocycles. The molecule has 5 heteroatoms. The first kappa shape index (κ1) is 16.6. The van der Waals surface area contributed by atoms with Crippen LogP contribution in [0.3, 0.4) is 0 Å². The van der Waals surface area contributed by atoms with E-state index >= 15 is 0 Å². The lowest BCUT2D eigenvalue weighted by Gasteiger charge is -2.19. The Bertz CT molecular complexity index is 952. The molecule has 0 unspecified atom stereocenters. The van der Waals surface area contributed by atoms with Crippen molar-refractivity contribution in [2.24, 2.45) is 0 Å². The maximum Gasteiger partial charge on any atom is 0.267 e. The van der Waals surface area contributed by atoms with Gasteiger partial charge in [0, 0.05) is 13.1 Å². The van der Waals surface area contributed by atoms with Crippen LogP contribution in [0.1, 0.15) is 26.3 Å². The first-order valence-electron chi connectivity index (χ1n) is 8.92. The highest BCUT2D eigenvalue weighted by Gasteiger charge is 2.28. The van der Waals surface area contributed by atoms with Crippen molar-refractivity contribution >= 4 is 22.9 Å². The lowest BCUT2D eigenvalue weighted by atomic mass is 9.87. The number of hydrogen-bond donors (Lipinski definition) is 0. The molecule has 0 radical (unpaired) electrons. The summed E-state index contributed by atoms with van der Waals surface area (Å²) in [6, 6.07) is 15.9. The fourth-order valence-corrected chi connectivity index (χ4v) is 3.30. The standard InChI is InChI=1S/C21H23N3O2/c1-21(2,3)15-8-10-16(11-9-15)26-14-19(25)24-13-12-23-18-7-5-4-6-17(18)22-20(23)24/h4-11H,12-14H2,1-3H3. The first-order chi connectivity index (χ1) is 12.4. The normalized spacial score (nSPS) is 13.9. The van der Waals surface area contributed by atoms with Crippen molar-refractivity contribution in [3.8, 4) is 5.75 Å². The molecule has 134 valence electrons. The molecule has 0 atom stereocenters. The van der Waals surface area contributed by atoms with E-state index in [4.69, 9.17) is 4.74 Å². The average molecular weight is 349 g/mol. The second kappa shape index (κ2) is 6.16. The molecule has 0 fully saturated rings. The van der Waals surface area contributed by atoms with Gasteiger partial charge in [0.05, 0.1) is 11.0 Å². The van der Waals surface area contributed by atoms with Crippen LogP contribution < -0.4 is 9.64 Å². The maximum atomic E-state index is 12.6. The number of para-hydroxylation sites is 2. The fourth-order valence-electron chi connectivity index (χ4n) is 3.30. The number of hydrogen-bond acceptors (Lipinski definition) is 3. The molecule has 5 nitrogen and oxygen atoms in total. The van der Waals surface area contributed by atoms with Crippen LogP contribution >= 0.6 is 0 Å². The highest BCUT2D eigenvalue weighted by Crippen LogP contribution is 2.27. The third-order valence-electron chi connectivity index (χ3n) is 4.81. The second-order valence-corrected chi connectivity index (χ2v) is 7.66. The molecule has 3 aromatic rings. The van der Waals surface area contributed by atoms with Gasteiger partial charge in [-0.1, -0.05) is 45.0 Å². The quantitative estimate of drug-likeness (QED) is 0.723. The predicted molar refractivity (Wildman–Crippen MR) is 103 cm³/mol. The van der Waals surface area contributed by atoms with Crippen molar-refractivity contribution in [1.82, 2.24) is 9.55 Å². The fraction of sp³-hybridized carbons (Fsp3) is 0.333. The summed E-state index contributed by atoms with van der Waals surface area (Å²) >= 11 is 0. The highest BCUT2D eigenvalue weighted by molar-refractivity contribution is 5.95. The summed E-state index contributed by atoms with van der Waals surface area (Å²) < 4.78 is 7.80. The zero-order valence-corrected chi connectivity index (χ0v) is 15.4. The molecule has 0 spiro atoms. The van der Waals surface area contributed by atoms with E-state index in [-0.39, 0.29) is 17.9 Å². The van der Waals surface area contributed by atoms with E-state index in [1.807, 2.05) is 36.4 Å². The van der Waals surface area contributed by atoms with Crippen molar-refractivity contribution in [2.75, 3.05) is 18.1 Å². The van der Waals surface area contributed by atoms with Gasteiger partial charge in [0.2, 0.25) is 5.95 Å². The molecule has 1 aromatic heterocycles. The first-order valence-corrected chi connectivity index (χ1v) is 8.92. The van der Waals surface area contributed by atoms with E-state index < -0.39 is 0 Å². The number of aromatic nitrogens is 2. The number of rotatable bonds is 3. The summed E-state index contributed by atoms with van der Waals surface area (Å²) in [5.41, 5.74) is 3.32. The van der Waals surface area contributed by atoms with Gasteiger partial charge in [-0.3, -0.25) is 9.69 Å². The topological polar surface area (TPSA) is 47.4 Å². The Balaban J connectivity index is 1.45. The highest BCUT2D eigenvalue weighted by atomic mass is 16.5. The molecule has 2 aromatic carbocycles. The molecule has 0 bridgehead atoms. The minimum Gasteiger partial charge on any atom is -0.484 e. The Kier molecular flexibility index (Phi) is 3.94. The molecular weight excluding hydrogens is 326 g/mol. The minimum absolute atomic E-state index is 0.0120. The van der Waals surface area contributed by atoms with Gasteiger partial charge in [-0.25, -0.2) is 4.98 Å². The summed E-state index contributed by atoms with van der Waals surface area (Å²) in [6.45, 7) is 7.93. The van der Waals surface area contributed by atoms with E-state index in [9.17, 15) is 4.79 Å². The molecule has 0 aliphatic carbocycles. The Morgan fingerprint density at radius 3 is 2.54 bits per heavy atom. The van der Waals surface area contributed by atoms with Crippen LogP contribution in [0.15, 0.2) is 48.5 Å². The largest absolute Gasteiger partial charge is 0.484 e. The number of imidazole rings is 1. The molecule has 1 aliphatic heterocycles. The van der Waals surface area contributed by atoms with Gasteiger partial charge in [-0.15, -0.1) is 0 Å². The Morgan fingerprint density at radius 2 is 1.81 bits per heavy atom. The molecule has 2 heterocycles. The molecule has 0 N–H and O–H groups in total. The lowest BCUT2D eigenvalue weighted by Crippen LogP contribution is -2.33. The van der Waals surface area contributed by atoms with Gasteiger partial charge < -0.3 is 9.30 Å². The Labute approximate surface area is 153 Å². The van der Waals surface area contributed by atoms with Crippen molar-refractivity contribution in [2.45, 2.75) is 32.7 Å². The Morgan fingerprint density at radius 1 is 1.08 bits per heavy atom. The number of benzene rings is 2. The van der Waals surface area contributed by atoms with Crippen molar-refractivity contribution in [3.63, 3.8) is 0 Å². The van der Waals surface area contributed by atoms with Gasteiger partial charge >= 0.3 is 0 Å². The van der Waals surface area contributed by atoms with Crippen LogP contribution in [-0.2, 0) is 16.8 Å². The number of carbonyl (C=O) groups is 1. The van der Waals surface area contributed by atoms with E-state index in [2.05, 4.69) is 42.5 Å². The molecule has 1 amide bonds. The summed E-state index contributed by atoms with van der Waals surface area (Å²) in [5.74, 6) is 1.35. The van der Waals surface area contributed by atoms with Crippen LogP contribution in [0.25, 0.3) is 11.0 Å². The lowest BCUT2D eigenvalue weighted by molar-refractivity contribution is -0.120. The van der Waals surface area contributed by atoms with E-state index in [0.29, 0.717) is 18.2 Å². The average Bonchev–Trinajstić information content (AvgIpc) is 3.18. The van der Waals surface area contributed by atoms with Gasteiger partial charge in [0.1, 0.15) is 5.75 Å². The third kappa shape index (κ3) is 2.94. The molecule has 0 saturated heterocycles. The maximum absolute atomic E-state index is 12.6. The van der Waals surface area contributed by atoms with E-state index in [1.54, 1.807) is 4.90 Å². The SMILES string of the molecule is CC(C)(C)c1ccc(OCC(=O)N2CCn3c2nc2ccccc23)cc1. The zero-order valence-electron chi connectivity index (χ0n) is 15.4. The predicted octanol–water partition coefficient (Wildman–Crippen LogP) is 3.76. The number of nitrogens with zero attached hydrogens (tertiary/aromatic N) is 3. The van der Waals surface area contributed by atoms with Crippen molar-refractivity contribution < 1.29 is 9.53 Å². The molecular formula is C21H23N3O2. The van der Waals surface area contributed by atoms with E-state index in [0.717, 1.165) is 17.6 Å². The van der Waals surface area contributed by atoms with Gasteiger partial charge in [-0.05, 0) is 35.2 Å². The molecule has 26 heavy (non-hydrogen) atoms. The minimum atomic E-state index is -0.0704. The number of amides is 1. The van der Waals surface area contributed by atoms with Gasteiger partial charge in [0.25, 0.3) is 5.91 Å². The van der Waals surface area contributed by atoms with Crippen LogP contribution in [0.2, 0.25) is 0 Å². The number of ether oxygens (including phenoxy) is 1. The summed E-state index contributed by atoms with van der Waals surface area (Å²) in [5, 5.41) is 0. The molecule has 1 aliphatic rings. The van der Waals surface area contributed by atoms with Crippen molar-refractivity contribution in [3.05, 3.63) is 54.1 Å². The Hall–Kier alpha value is -2.82. The summed E-state index contributed by atoms with van der Waals surface area (Å²) in [6.07, 6.45) is 0. The number of carbonyl (C=O) groups excluding carboxylic acids is 1. The van der Waals surface area contributed by atoms with Gasteiger partial charge in [0.15, 0.2) is 6.61 Å². The summed E-state index contributed by atoms with van der Waals surface area (Å²) in [4.78, 5) is 18.9. The third-order valence-corrected chi connectivity index (χ3v) is 4.81. The van der Waals surface area contributed by atoms with Crippen LogP contribution in [0.5, 0.6) is 5.75 Å². The number of fused-ring (bicyclic) bond motifs is 3. The smallest absolute Gasteiger partial charge is 0.267 e. The van der Waals surface area contributed by atoms with Crippen molar-refractivity contribution in [1.29, 1.82) is 0 Å². The van der Waals surface area contributed by atoms with Crippen LogP contribution in [-0.4, -0.2) is 28.6 Å². The monoisotopic (exact) mass is 349 g/mol. The number of anilines is 1. The van der Waals surface area contributed by atoms with Crippen LogP contribution in [0.4, 0.5) is 5.95 Å². The van der Waals surface area contributed by atoms with Crippen LogP contribution in [0, 0.1) is 0 Å². The zero-order chi connectivity index (χ0) is 18.3. The molecule has 4 rings (SSSR count).